The summed E-state index contributed by atoms with van der Waals surface area (Å²) >= 11 is 0. The molecule has 0 aliphatic carbocycles. The summed E-state index contributed by atoms with van der Waals surface area (Å²) in [5.74, 6) is 5.90. The van der Waals surface area contributed by atoms with Gasteiger partial charge < -0.3 is 5.73 Å². The number of aryl methyl sites for hydroxylation is 1. The summed E-state index contributed by atoms with van der Waals surface area (Å²) in [6.45, 7) is 1.86. The van der Waals surface area contributed by atoms with Gasteiger partial charge >= 0.3 is 0 Å². The van der Waals surface area contributed by atoms with Crippen LogP contribution in [0.5, 0.6) is 0 Å². The zero-order valence-corrected chi connectivity index (χ0v) is 9.37. The Morgan fingerprint density at radius 2 is 2.00 bits per heavy atom. The van der Waals surface area contributed by atoms with Crippen molar-refractivity contribution >= 4 is 0 Å². The maximum atomic E-state index is 5.92. The van der Waals surface area contributed by atoms with Gasteiger partial charge in [-0.1, -0.05) is 30.3 Å². The SMILES string of the molecule is CC#CCC(N)CCCc1ccccc1. The van der Waals surface area contributed by atoms with Gasteiger partial charge in [0.05, 0.1) is 0 Å². The standard InChI is InChI=1S/C14H19N/c1-2-3-11-14(15)12-7-10-13-8-5-4-6-9-13/h4-6,8-9,14H,7,10-12,15H2,1H3. The van der Waals surface area contributed by atoms with Crippen LogP contribution < -0.4 is 5.73 Å². The van der Waals surface area contributed by atoms with E-state index < -0.39 is 0 Å². The lowest BCUT2D eigenvalue weighted by molar-refractivity contribution is 0.594. The molecule has 1 aromatic carbocycles. The Balaban J connectivity index is 2.18. The molecule has 0 aromatic heterocycles. The average Bonchev–Trinajstić information content (AvgIpc) is 2.28. The van der Waals surface area contributed by atoms with Crippen molar-refractivity contribution < 1.29 is 0 Å². The minimum Gasteiger partial charge on any atom is -0.327 e. The fourth-order valence-corrected chi connectivity index (χ4v) is 1.55. The largest absolute Gasteiger partial charge is 0.327 e. The topological polar surface area (TPSA) is 26.0 Å². The maximum Gasteiger partial charge on any atom is 0.0241 e. The van der Waals surface area contributed by atoms with Crippen LogP contribution in [0.25, 0.3) is 0 Å². The van der Waals surface area contributed by atoms with Crippen molar-refractivity contribution in [1.82, 2.24) is 0 Å². The third-order valence-electron chi connectivity index (χ3n) is 2.42. The number of nitrogens with two attached hydrogens (primary N) is 1. The second-order valence-corrected chi connectivity index (χ2v) is 3.77. The molecule has 0 aliphatic rings. The molecule has 0 amide bonds. The van der Waals surface area contributed by atoms with Crippen molar-refractivity contribution in [3.8, 4) is 11.8 Å². The predicted molar refractivity (Wildman–Crippen MR) is 65.4 cm³/mol. The summed E-state index contributed by atoms with van der Waals surface area (Å²) in [7, 11) is 0. The lowest BCUT2D eigenvalue weighted by Gasteiger charge is -2.07. The van der Waals surface area contributed by atoms with E-state index in [0.717, 1.165) is 25.7 Å². The molecule has 0 radical (unpaired) electrons. The van der Waals surface area contributed by atoms with E-state index in [-0.39, 0.29) is 6.04 Å². The van der Waals surface area contributed by atoms with Crippen molar-refractivity contribution in [2.45, 2.75) is 38.6 Å². The fourth-order valence-electron chi connectivity index (χ4n) is 1.55. The van der Waals surface area contributed by atoms with Crippen LogP contribution in [0.2, 0.25) is 0 Å². The molecule has 0 heterocycles. The van der Waals surface area contributed by atoms with E-state index in [9.17, 15) is 0 Å². The zero-order chi connectivity index (χ0) is 10.9. The van der Waals surface area contributed by atoms with E-state index in [1.165, 1.54) is 5.56 Å². The molecular formula is C14H19N. The Labute approximate surface area is 92.7 Å². The van der Waals surface area contributed by atoms with Gasteiger partial charge in [-0.25, -0.2) is 0 Å². The zero-order valence-electron chi connectivity index (χ0n) is 9.37. The van der Waals surface area contributed by atoms with Gasteiger partial charge in [0.15, 0.2) is 0 Å². The minimum absolute atomic E-state index is 0.237. The molecule has 0 bridgehead atoms. The van der Waals surface area contributed by atoms with E-state index in [1.807, 2.05) is 13.0 Å². The van der Waals surface area contributed by atoms with Gasteiger partial charge in [-0.2, -0.15) is 0 Å². The summed E-state index contributed by atoms with van der Waals surface area (Å²) in [6, 6.07) is 10.8. The van der Waals surface area contributed by atoms with E-state index in [1.54, 1.807) is 0 Å². The van der Waals surface area contributed by atoms with Crippen LogP contribution in [0.4, 0.5) is 0 Å². The highest BCUT2D eigenvalue weighted by atomic mass is 14.6. The molecule has 1 unspecified atom stereocenters. The highest BCUT2D eigenvalue weighted by Gasteiger charge is 2.00. The van der Waals surface area contributed by atoms with Crippen molar-refractivity contribution in [1.29, 1.82) is 0 Å². The lowest BCUT2D eigenvalue weighted by Crippen LogP contribution is -2.18. The second kappa shape index (κ2) is 7.09. The highest BCUT2D eigenvalue weighted by Crippen LogP contribution is 2.06. The van der Waals surface area contributed by atoms with Crippen molar-refractivity contribution in [2.75, 3.05) is 0 Å². The van der Waals surface area contributed by atoms with Crippen LogP contribution in [0.3, 0.4) is 0 Å². The third-order valence-corrected chi connectivity index (χ3v) is 2.42. The fraction of sp³-hybridized carbons (Fsp3) is 0.429. The number of rotatable bonds is 5. The molecule has 1 atom stereocenters. The van der Waals surface area contributed by atoms with Crippen molar-refractivity contribution in [3.05, 3.63) is 35.9 Å². The molecule has 1 rings (SSSR count). The van der Waals surface area contributed by atoms with Gasteiger partial charge in [0.25, 0.3) is 0 Å². The van der Waals surface area contributed by atoms with Gasteiger partial charge in [0.2, 0.25) is 0 Å². The van der Waals surface area contributed by atoms with E-state index >= 15 is 0 Å². The second-order valence-electron chi connectivity index (χ2n) is 3.77. The summed E-state index contributed by atoms with van der Waals surface area (Å²) in [4.78, 5) is 0. The van der Waals surface area contributed by atoms with Gasteiger partial charge in [-0.3, -0.25) is 0 Å². The van der Waals surface area contributed by atoms with E-state index in [0.29, 0.717) is 0 Å². The minimum atomic E-state index is 0.237. The summed E-state index contributed by atoms with van der Waals surface area (Å²) < 4.78 is 0. The third kappa shape index (κ3) is 5.24. The number of hydrogen-bond donors (Lipinski definition) is 1. The first-order chi connectivity index (χ1) is 7.33. The first kappa shape index (κ1) is 11.8. The van der Waals surface area contributed by atoms with Gasteiger partial charge in [0, 0.05) is 12.5 Å². The molecule has 2 N–H and O–H groups in total. The van der Waals surface area contributed by atoms with Crippen LogP contribution in [0.1, 0.15) is 31.7 Å². The smallest absolute Gasteiger partial charge is 0.0241 e. The number of benzene rings is 1. The quantitative estimate of drug-likeness (QED) is 0.728. The number of hydrogen-bond acceptors (Lipinski definition) is 1. The lowest BCUT2D eigenvalue weighted by atomic mass is 10.0. The normalized spacial score (nSPS) is 11.6. The molecule has 1 nitrogen and oxygen atoms in total. The predicted octanol–water partition coefficient (Wildman–Crippen LogP) is 2.75. The van der Waals surface area contributed by atoms with Crippen molar-refractivity contribution in [3.63, 3.8) is 0 Å². The van der Waals surface area contributed by atoms with Gasteiger partial charge in [-0.15, -0.1) is 11.8 Å². The molecule has 1 aromatic rings. The van der Waals surface area contributed by atoms with E-state index in [2.05, 4.69) is 36.1 Å². The average molecular weight is 201 g/mol. The molecule has 1 heteroatoms. The molecule has 0 spiro atoms. The molecular weight excluding hydrogens is 182 g/mol. The summed E-state index contributed by atoms with van der Waals surface area (Å²) in [6.07, 6.45) is 4.15. The molecule has 0 aliphatic heterocycles. The molecule has 0 fully saturated rings. The molecule has 0 saturated carbocycles. The van der Waals surface area contributed by atoms with Crippen LogP contribution in [0, 0.1) is 11.8 Å². The summed E-state index contributed by atoms with van der Waals surface area (Å²) in [5.41, 5.74) is 7.32. The van der Waals surface area contributed by atoms with Crippen molar-refractivity contribution in [2.24, 2.45) is 5.73 Å². The Hall–Kier alpha value is -1.26. The Bertz CT molecular complexity index is 318. The maximum absolute atomic E-state index is 5.92. The molecule has 80 valence electrons. The van der Waals surface area contributed by atoms with Gasteiger partial charge in [0.1, 0.15) is 0 Å². The van der Waals surface area contributed by atoms with E-state index in [4.69, 9.17) is 5.73 Å². The first-order valence-corrected chi connectivity index (χ1v) is 5.52. The highest BCUT2D eigenvalue weighted by molar-refractivity contribution is 5.14. The van der Waals surface area contributed by atoms with Crippen LogP contribution >= 0.6 is 0 Å². The van der Waals surface area contributed by atoms with Crippen LogP contribution in [-0.2, 0) is 6.42 Å². The molecule has 0 saturated heterocycles. The first-order valence-electron chi connectivity index (χ1n) is 5.52. The Morgan fingerprint density at radius 3 is 2.67 bits per heavy atom. The Kier molecular flexibility index (Phi) is 5.58. The van der Waals surface area contributed by atoms with Crippen LogP contribution in [0.15, 0.2) is 30.3 Å². The van der Waals surface area contributed by atoms with Gasteiger partial charge in [-0.05, 0) is 31.7 Å². The summed E-state index contributed by atoms with van der Waals surface area (Å²) in [5, 5.41) is 0. The Morgan fingerprint density at radius 1 is 1.27 bits per heavy atom. The van der Waals surface area contributed by atoms with Crippen LogP contribution in [-0.4, -0.2) is 6.04 Å². The molecule has 15 heavy (non-hydrogen) atoms. The monoisotopic (exact) mass is 201 g/mol.